The van der Waals surface area contributed by atoms with E-state index >= 15 is 0 Å². The summed E-state index contributed by atoms with van der Waals surface area (Å²) in [6, 6.07) is 0. The highest BCUT2D eigenvalue weighted by molar-refractivity contribution is 6.70. The SMILES string of the molecule is CCCC1CCC(O[Si](C)(C)C)C1O[Si](C)(C)C. The lowest BCUT2D eigenvalue weighted by Gasteiger charge is -2.34. The lowest BCUT2D eigenvalue weighted by atomic mass is 10.00. The van der Waals surface area contributed by atoms with E-state index in [9.17, 15) is 0 Å². The molecule has 2 nitrogen and oxygen atoms in total. The number of hydrogen-bond donors (Lipinski definition) is 0. The predicted octanol–water partition coefficient (Wildman–Crippen LogP) is 4.64. The van der Waals surface area contributed by atoms with Gasteiger partial charge in [-0.1, -0.05) is 13.3 Å². The first-order valence-corrected chi connectivity index (χ1v) is 14.3. The van der Waals surface area contributed by atoms with Crippen LogP contribution in [0.1, 0.15) is 32.6 Å². The predicted molar refractivity (Wildman–Crippen MR) is 84.1 cm³/mol. The first-order chi connectivity index (χ1) is 8.12. The fraction of sp³-hybridized carbons (Fsp3) is 1.00. The maximum absolute atomic E-state index is 6.46. The quantitative estimate of drug-likeness (QED) is 0.663. The van der Waals surface area contributed by atoms with Crippen LogP contribution in [0, 0.1) is 5.92 Å². The highest BCUT2D eigenvalue weighted by atomic mass is 28.4. The Morgan fingerprint density at radius 2 is 1.44 bits per heavy atom. The number of hydrogen-bond acceptors (Lipinski definition) is 2. The molecule has 3 unspecified atom stereocenters. The van der Waals surface area contributed by atoms with E-state index in [1.807, 2.05) is 0 Å². The molecule has 0 bridgehead atoms. The normalized spacial score (nSPS) is 29.8. The smallest absolute Gasteiger partial charge is 0.184 e. The fourth-order valence-electron chi connectivity index (χ4n) is 2.85. The van der Waals surface area contributed by atoms with Crippen molar-refractivity contribution in [3.05, 3.63) is 0 Å². The molecule has 1 rings (SSSR count). The van der Waals surface area contributed by atoms with Crippen LogP contribution in [0.3, 0.4) is 0 Å². The zero-order valence-corrected chi connectivity index (χ0v) is 15.4. The minimum Gasteiger partial charge on any atom is -0.412 e. The van der Waals surface area contributed by atoms with Crippen molar-refractivity contribution in [2.24, 2.45) is 5.92 Å². The van der Waals surface area contributed by atoms with E-state index in [0.717, 1.165) is 5.92 Å². The van der Waals surface area contributed by atoms with Gasteiger partial charge >= 0.3 is 0 Å². The molecule has 1 aliphatic rings. The third kappa shape index (κ3) is 5.55. The second kappa shape index (κ2) is 6.20. The van der Waals surface area contributed by atoms with E-state index in [2.05, 4.69) is 46.2 Å². The van der Waals surface area contributed by atoms with Crippen molar-refractivity contribution in [3.63, 3.8) is 0 Å². The highest BCUT2D eigenvalue weighted by Gasteiger charge is 2.41. The molecule has 1 aliphatic carbocycles. The molecule has 0 aromatic heterocycles. The zero-order chi connectivity index (χ0) is 14.0. The van der Waals surface area contributed by atoms with Gasteiger partial charge in [0.1, 0.15) is 0 Å². The molecule has 0 amide bonds. The molecule has 0 aromatic rings. The molecule has 0 saturated heterocycles. The summed E-state index contributed by atoms with van der Waals surface area (Å²) in [6.45, 7) is 16.0. The molecule has 1 fully saturated rings. The van der Waals surface area contributed by atoms with Crippen molar-refractivity contribution in [2.75, 3.05) is 0 Å². The average Bonchev–Trinajstić information content (AvgIpc) is 2.46. The summed E-state index contributed by atoms with van der Waals surface area (Å²) in [5, 5.41) is 0. The van der Waals surface area contributed by atoms with Crippen molar-refractivity contribution in [1.82, 2.24) is 0 Å². The Morgan fingerprint density at radius 1 is 0.889 bits per heavy atom. The summed E-state index contributed by atoms with van der Waals surface area (Å²) in [6.07, 6.45) is 5.77. The molecule has 1 saturated carbocycles. The lowest BCUT2D eigenvalue weighted by Crippen LogP contribution is -2.44. The molecular formula is C14H32O2Si2. The van der Waals surface area contributed by atoms with Crippen molar-refractivity contribution in [2.45, 2.75) is 84.1 Å². The highest BCUT2D eigenvalue weighted by Crippen LogP contribution is 2.36. The van der Waals surface area contributed by atoms with Gasteiger partial charge in [0.2, 0.25) is 0 Å². The van der Waals surface area contributed by atoms with Gasteiger partial charge in [-0.2, -0.15) is 0 Å². The molecule has 18 heavy (non-hydrogen) atoms. The minimum atomic E-state index is -1.47. The Balaban J connectivity index is 2.71. The Labute approximate surface area is 116 Å². The topological polar surface area (TPSA) is 18.5 Å². The summed E-state index contributed by atoms with van der Waals surface area (Å²) >= 11 is 0. The van der Waals surface area contributed by atoms with Gasteiger partial charge in [-0.3, -0.25) is 0 Å². The summed E-state index contributed by atoms with van der Waals surface area (Å²) in [7, 11) is -2.93. The van der Waals surface area contributed by atoms with E-state index in [4.69, 9.17) is 8.85 Å². The van der Waals surface area contributed by atoms with Crippen molar-refractivity contribution < 1.29 is 8.85 Å². The van der Waals surface area contributed by atoms with Crippen molar-refractivity contribution >= 4 is 16.6 Å². The molecule has 0 N–H and O–H groups in total. The summed E-state index contributed by atoms with van der Waals surface area (Å²) in [5.74, 6) is 0.725. The largest absolute Gasteiger partial charge is 0.412 e. The number of rotatable bonds is 6. The second-order valence-corrected chi connectivity index (χ2v) is 16.5. The van der Waals surface area contributed by atoms with E-state index in [0.29, 0.717) is 12.2 Å². The van der Waals surface area contributed by atoms with E-state index in [1.54, 1.807) is 0 Å². The van der Waals surface area contributed by atoms with Gasteiger partial charge in [0, 0.05) is 0 Å². The average molecular weight is 289 g/mol. The molecular weight excluding hydrogens is 256 g/mol. The Hall–Kier alpha value is 0.354. The summed E-state index contributed by atoms with van der Waals surface area (Å²) < 4.78 is 12.8. The first-order valence-electron chi connectivity index (χ1n) is 7.48. The first kappa shape index (κ1) is 16.4. The van der Waals surface area contributed by atoms with Gasteiger partial charge in [0.25, 0.3) is 0 Å². The molecule has 108 valence electrons. The van der Waals surface area contributed by atoms with Crippen LogP contribution in [-0.2, 0) is 8.85 Å². The minimum absolute atomic E-state index is 0.361. The second-order valence-electron chi connectivity index (χ2n) is 7.59. The van der Waals surface area contributed by atoms with Gasteiger partial charge in [-0.25, -0.2) is 0 Å². The van der Waals surface area contributed by atoms with Crippen LogP contribution in [0.5, 0.6) is 0 Å². The van der Waals surface area contributed by atoms with Crippen LogP contribution in [-0.4, -0.2) is 28.8 Å². The van der Waals surface area contributed by atoms with E-state index in [-0.39, 0.29) is 0 Å². The van der Waals surface area contributed by atoms with Gasteiger partial charge in [0.05, 0.1) is 12.2 Å². The van der Waals surface area contributed by atoms with Crippen LogP contribution in [0.2, 0.25) is 39.3 Å². The van der Waals surface area contributed by atoms with Gasteiger partial charge in [0.15, 0.2) is 16.6 Å². The standard InChI is InChI=1S/C14H32O2Si2/c1-8-9-12-10-11-13(15-17(2,3)4)14(12)16-18(5,6)7/h12-14H,8-11H2,1-7H3. The molecule has 0 aliphatic heterocycles. The Morgan fingerprint density at radius 3 is 1.89 bits per heavy atom. The van der Waals surface area contributed by atoms with Crippen LogP contribution < -0.4 is 0 Å². The Kier molecular flexibility index (Phi) is 5.65. The van der Waals surface area contributed by atoms with Crippen LogP contribution >= 0.6 is 0 Å². The lowest BCUT2D eigenvalue weighted by molar-refractivity contribution is 0.0419. The van der Waals surface area contributed by atoms with Gasteiger partial charge < -0.3 is 8.85 Å². The van der Waals surface area contributed by atoms with Crippen LogP contribution in [0.4, 0.5) is 0 Å². The molecule has 0 aromatic carbocycles. The van der Waals surface area contributed by atoms with E-state index in [1.165, 1.54) is 25.7 Å². The van der Waals surface area contributed by atoms with Crippen LogP contribution in [0.15, 0.2) is 0 Å². The van der Waals surface area contributed by atoms with Gasteiger partial charge in [-0.05, 0) is 64.5 Å². The van der Waals surface area contributed by atoms with Crippen molar-refractivity contribution in [1.29, 1.82) is 0 Å². The van der Waals surface area contributed by atoms with E-state index < -0.39 is 16.6 Å². The Bertz CT molecular complexity index is 256. The van der Waals surface area contributed by atoms with Crippen molar-refractivity contribution in [3.8, 4) is 0 Å². The maximum atomic E-state index is 6.46. The van der Waals surface area contributed by atoms with Crippen LogP contribution in [0.25, 0.3) is 0 Å². The molecule has 0 heterocycles. The van der Waals surface area contributed by atoms with Gasteiger partial charge in [-0.15, -0.1) is 0 Å². The molecule has 0 radical (unpaired) electrons. The maximum Gasteiger partial charge on any atom is 0.184 e. The molecule has 3 atom stereocenters. The fourth-order valence-corrected chi connectivity index (χ4v) is 5.17. The monoisotopic (exact) mass is 288 g/mol. The third-order valence-corrected chi connectivity index (χ3v) is 5.30. The summed E-state index contributed by atoms with van der Waals surface area (Å²) in [5.41, 5.74) is 0. The zero-order valence-electron chi connectivity index (χ0n) is 13.4. The third-order valence-electron chi connectivity index (χ3n) is 3.31. The summed E-state index contributed by atoms with van der Waals surface area (Å²) in [4.78, 5) is 0. The molecule has 0 spiro atoms. The molecule has 4 heteroatoms.